The van der Waals surface area contributed by atoms with Crippen LogP contribution in [-0.2, 0) is 6.54 Å². The zero-order chi connectivity index (χ0) is 23.2. The Morgan fingerprint density at radius 2 is 1.79 bits per heavy atom. The Morgan fingerprint density at radius 3 is 2.68 bits per heavy atom. The molecule has 3 heterocycles. The third-order valence-electron chi connectivity index (χ3n) is 5.81. The summed E-state index contributed by atoms with van der Waals surface area (Å²) in [7, 11) is 0. The molecule has 1 amide bonds. The maximum atomic E-state index is 13.2. The first-order valence-electron chi connectivity index (χ1n) is 10.6. The molecule has 0 bridgehead atoms. The number of H-pyrrole nitrogens is 1. The lowest BCUT2D eigenvalue weighted by molar-refractivity contribution is 0.0946. The molecule has 2 N–H and O–H groups in total. The first-order chi connectivity index (χ1) is 16.6. The van der Waals surface area contributed by atoms with Crippen LogP contribution < -0.4 is 14.8 Å². The van der Waals surface area contributed by atoms with Gasteiger partial charge in [-0.15, -0.1) is 0 Å². The van der Waals surface area contributed by atoms with Crippen LogP contribution in [0.1, 0.15) is 16.1 Å². The predicted molar refractivity (Wildman–Crippen MR) is 133 cm³/mol. The topological polar surface area (TPSA) is 76.2 Å². The van der Waals surface area contributed by atoms with Crippen molar-refractivity contribution < 1.29 is 14.3 Å². The van der Waals surface area contributed by atoms with Gasteiger partial charge in [-0.05, 0) is 48.0 Å². The van der Waals surface area contributed by atoms with Gasteiger partial charge >= 0.3 is 0 Å². The summed E-state index contributed by atoms with van der Waals surface area (Å²) in [5.41, 5.74) is 4.44. The number of carbonyl (C=O) groups is 1. The van der Waals surface area contributed by atoms with E-state index in [2.05, 4.69) is 10.3 Å². The minimum atomic E-state index is -0.291. The monoisotopic (exact) mass is 489 g/mol. The lowest BCUT2D eigenvalue weighted by atomic mass is 10.1. The Balaban J connectivity index is 1.43. The van der Waals surface area contributed by atoms with Gasteiger partial charge in [-0.1, -0.05) is 47.5 Å². The van der Waals surface area contributed by atoms with Gasteiger partial charge in [0.2, 0.25) is 6.79 Å². The van der Waals surface area contributed by atoms with Gasteiger partial charge in [0.05, 0.1) is 21.3 Å². The Labute approximate surface area is 204 Å². The molecule has 0 spiro atoms. The third-order valence-corrected chi connectivity index (χ3v) is 6.55. The minimum Gasteiger partial charge on any atom is -0.454 e. The lowest BCUT2D eigenvalue weighted by Gasteiger charge is -2.10. The zero-order valence-electron chi connectivity index (χ0n) is 17.7. The number of hydrogen-bond acceptors (Lipinski definition) is 4. The number of fused-ring (bicyclic) bond motifs is 4. The SMILES string of the molecule is O=C(NCc1ccc(Cl)c(Cl)c1)c1cc2c([nH]c3ccccc32)c(-c2ccc3c(c2)OCO3)n1. The molecule has 168 valence electrons. The van der Waals surface area contributed by atoms with Gasteiger partial charge in [0.15, 0.2) is 11.5 Å². The molecule has 0 saturated heterocycles. The second-order valence-electron chi connectivity index (χ2n) is 7.95. The van der Waals surface area contributed by atoms with E-state index in [0.29, 0.717) is 39.5 Å². The molecule has 0 unspecified atom stereocenters. The molecule has 0 atom stereocenters. The van der Waals surface area contributed by atoms with E-state index >= 15 is 0 Å². The van der Waals surface area contributed by atoms with E-state index in [1.54, 1.807) is 12.1 Å². The number of pyridine rings is 1. The fraction of sp³-hybridized carbons (Fsp3) is 0.0769. The summed E-state index contributed by atoms with van der Waals surface area (Å²) in [6.07, 6.45) is 0. The predicted octanol–water partition coefficient (Wildman–Crippen LogP) is 6.35. The van der Waals surface area contributed by atoms with Crippen molar-refractivity contribution in [1.29, 1.82) is 0 Å². The second kappa shape index (κ2) is 8.24. The number of aromatic nitrogens is 2. The van der Waals surface area contributed by atoms with Crippen LogP contribution in [0.25, 0.3) is 33.1 Å². The maximum absolute atomic E-state index is 13.2. The highest BCUT2D eigenvalue weighted by molar-refractivity contribution is 6.42. The number of para-hydroxylation sites is 1. The highest BCUT2D eigenvalue weighted by Gasteiger charge is 2.20. The van der Waals surface area contributed by atoms with Crippen LogP contribution in [0.3, 0.4) is 0 Å². The third kappa shape index (κ3) is 3.61. The van der Waals surface area contributed by atoms with Crippen molar-refractivity contribution in [2.24, 2.45) is 0 Å². The summed E-state index contributed by atoms with van der Waals surface area (Å²) in [6.45, 7) is 0.480. The van der Waals surface area contributed by atoms with Gasteiger partial charge in [-0.2, -0.15) is 0 Å². The largest absolute Gasteiger partial charge is 0.454 e. The van der Waals surface area contributed by atoms with Crippen molar-refractivity contribution in [3.05, 3.63) is 88.0 Å². The van der Waals surface area contributed by atoms with Crippen LogP contribution in [0.15, 0.2) is 66.7 Å². The summed E-state index contributed by atoms with van der Waals surface area (Å²) in [5.74, 6) is 1.05. The molecule has 3 aromatic carbocycles. The zero-order valence-corrected chi connectivity index (χ0v) is 19.2. The van der Waals surface area contributed by atoms with Crippen molar-refractivity contribution >= 4 is 50.9 Å². The Kier molecular flexibility index (Phi) is 5.05. The van der Waals surface area contributed by atoms with E-state index in [9.17, 15) is 4.79 Å². The van der Waals surface area contributed by atoms with Gasteiger partial charge in [0, 0.05) is 28.4 Å². The Bertz CT molecular complexity index is 1600. The Morgan fingerprint density at radius 1 is 0.941 bits per heavy atom. The van der Waals surface area contributed by atoms with Gasteiger partial charge in [0.1, 0.15) is 5.69 Å². The second-order valence-corrected chi connectivity index (χ2v) is 8.76. The number of hydrogen-bond donors (Lipinski definition) is 2. The van der Waals surface area contributed by atoms with Crippen LogP contribution in [0.5, 0.6) is 11.5 Å². The van der Waals surface area contributed by atoms with E-state index in [1.165, 1.54) is 0 Å². The van der Waals surface area contributed by atoms with Crippen molar-refractivity contribution in [1.82, 2.24) is 15.3 Å². The average molecular weight is 490 g/mol. The van der Waals surface area contributed by atoms with E-state index in [4.69, 9.17) is 37.7 Å². The van der Waals surface area contributed by atoms with E-state index < -0.39 is 0 Å². The maximum Gasteiger partial charge on any atom is 0.270 e. The molecule has 1 aliphatic rings. The molecular formula is C26H17Cl2N3O3. The van der Waals surface area contributed by atoms with Gasteiger partial charge in [0.25, 0.3) is 5.91 Å². The van der Waals surface area contributed by atoms with Crippen molar-refractivity contribution in [3.63, 3.8) is 0 Å². The van der Waals surface area contributed by atoms with Crippen LogP contribution >= 0.6 is 23.2 Å². The van der Waals surface area contributed by atoms with E-state index in [1.807, 2.05) is 54.6 Å². The van der Waals surface area contributed by atoms with Gasteiger partial charge in [-0.3, -0.25) is 4.79 Å². The first kappa shape index (κ1) is 20.8. The number of nitrogens with one attached hydrogen (secondary N) is 2. The number of ether oxygens (including phenoxy) is 2. The minimum absolute atomic E-state index is 0.186. The number of aromatic amines is 1. The number of benzene rings is 3. The molecule has 0 aliphatic carbocycles. The van der Waals surface area contributed by atoms with Crippen LogP contribution in [0.2, 0.25) is 10.0 Å². The normalized spacial score (nSPS) is 12.4. The van der Waals surface area contributed by atoms with Crippen LogP contribution in [0, 0.1) is 0 Å². The fourth-order valence-corrected chi connectivity index (χ4v) is 4.46. The summed E-state index contributed by atoms with van der Waals surface area (Å²) < 4.78 is 11.0. The van der Waals surface area contributed by atoms with Crippen molar-refractivity contribution in [3.8, 4) is 22.8 Å². The highest BCUT2D eigenvalue weighted by atomic mass is 35.5. The number of carbonyl (C=O) groups excluding carboxylic acids is 1. The molecule has 8 heteroatoms. The molecule has 1 aliphatic heterocycles. The molecule has 34 heavy (non-hydrogen) atoms. The van der Waals surface area contributed by atoms with Crippen molar-refractivity contribution in [2.75, 3.05) is 6.79 Å². The number of nitrogens with zero attached hydrogens (tertiary/aromatic N) is 1. The van der Waals surface area contributed by atoms with E-state index in [0.717, 1.165) is 32.9 Å². The molecule has 2 aromatic heterocycles. The average Bonchev–Trinajstić information content (AvgIpc) is 3.48. The molecular weight excluding hydrogens is 473 g/mol. The number of amides is 1. The van der Waals surface area contributed by atoms with E-state index in [-0.39, 0.29) is 12.7 Å². The number of rotatable bonds is 4. The van der Waals surface area contributed by atoms with Crippen molar-refractivity contribution in [2.45, 2.75) is 6.54 Å². The smallest absolute Gasteiger partial charge is 0.270 e. The molecule has 0 fully saturated rings. The Hall–Kier alpha value is -3.74. The summed E-state index contributed by atoms with van der Waals surface area (Å²) in [5, 5.41) is 5.77. The number of halogens is 2. The summed E-state index contributed by atoms with van der Waals surface area (Å²) >= 11 is 12.1. The molecule has 0 radical (unpaired) electrons. The quantitative estimate of drug-likeness (QED) is 0.308. The standard InChI is InChI=1S/C26H17Cl2N3O3/c27-18-7-5-14(9-19(18)28)12-29-26(32)21-11-17-16-3-1-2-4-20(16)30-25(17)24(31-21)15-6-8-22-23(10-15)34-13-33-22/h1-11,30H,12-13H2,(H,29,32). The highest BCUT2D eigenvalue weighted by Crippen LogP contribution is 2.38. The first-order valence-corrected chi connectivity index (χ1v) is 11.4. The van der Waals surface area contributed by atoms with Crippen LogP contribution in [-0.4, -0.2) is 22.7 Å². The summed E-state index contributed by atoms with van der Waals surface area (Å²) in [6, 6.07) is 20.7. The fourth-order valence-electron chi connectivity index (χ4n) is 4.14. The summed E-state index contributed by atoms with van der Waals surface area (Å²) in [4.78, 5) is 21.4. The molecule has 0 saturated carbocycles. The van der Waals surface area contributed by atoms with Gasteiger partial charge < -0.3 is 19.8 Å². The lowest BCUT2D eigenvalue weighted by Crippen LogP contribution is -2.24. The molecule has 6 nitrogen and oxygen atoms in total. The molecule has 6 rings (SSSR count). The van der Waals surface area contributed by atoms with Crippen LogP contribution in [0.4, 0.5) is 0 Å². The molecule has 5 aromatic rings. The van der Waals surface area contributed by atoms with Gasteiger partial charge in [-0.25, -0.2) is 4.98 Å².